The Labute approximate surface area is 103 Å². The van der Waals surface area contributed by atoms with Crippen LogP contribution >= 0.6 is 0 Å². The van der Waals surface area contributed by atoms with Crippen LogP contribution in [0.3, 0.4) is 0 Å². The largest absolute Gasteiger partial charge is 0.389 e. The van der Waals surface area contributed by atoms with E-state index in [9.17, 15) is 5.11 Å². The second-order valence-electron chi connectivity index (χ2n) is 4.51. The zero-order valence-corrected chi connectivity index (χ0v) is 10.6. The predicted molar refractivity (Wildman–Crippen MR) is 69.2 cm³/mol. The van der Waals surface area contributed by atoms with Crippen molar-refractivity contribution >= 4 is 5.82 Å². The van der Waals surface area contributed by atoms with Gasteiger partial charge in [0.25, 0.3) is 0 Å². The number of rotatable bonds is 3. The van der Waals surface area contributed by atoms with Crippen LogP contribution in [0.4, 0.5) is 5.82 Å². The molecule has 1 atom stereocenters. The van der Waals surface area contributed by atoms with Gasteiger partial charge in [-0.05, 0) is 19.5 Å². The van der Waals surface area contributed by atoms with Crippen molar-refractivity contribution < 1.29 is 5.11 Å². The van der Waals surface area contributed by atoms with Crippen LogP contribution in [0.5, 0.6) is 0 Å². The molecule has 0 aromatic carbocycles. The van der Waals surface area contributed by atoms with E-state index in [0.29, 0.717) is 0 Å². The van der Waals surface area contributed by atoms with E-state index >= 15 is 0 Å². The first-order valence-electron chi connectivity index (χ1n) is 6.32. The summed E-state index contributed by atoms with van der Waals surface area (Å²) < 4.78 is 0. The van der Waals surface area contributed by atoms with Crippen LogP contribution in [-0.4, -0.2) is 47.7 Å². The maximum absolute atomic E-state index is 9.76. The molecule has 0 aliphatic carbocycles. The van der Waals surface area contributed by atoms with E-state index in [1.54, 1.807) is 13.1 Å². The highest BCUT2D eigenvalue weighted by atomic mass is 16.3. The summed E-state index contributed by atoms with van der Waals surface area (Å²) in [5, 5.41) is 9.76. The first kappa shape index (κ1) is 12.3. The normalized spacial score (nSPS) is 19.4. The summed E-state index contributed by atoms with van der Waals surface area (Å²) in [5.41, 5.74) is 0.928. The van der Waals surface area contributed by atoms with Crippen molar-refractivity contribution in [1.82, 2.24) is 9.88 Å². The quantitative estimate of drug-likeness (QED) is 0.856. The van der Waals surface area contributed by atoms with E-state index in [4.69, 9.17) is 0 Å². The summed E-state index contributed by atoms with van der Waals surface area (Å²) in [7, 11) is 0. The van der Waals surface area contributed by atoms with Gasteiger partial charge in [0.15, 0.2) is 0 Å². The van der Waals surface area contributed by atoms with E-state index in [-0.39, 0.29) is 0 Å². The summed E-state index contributed by atoms with van der Waals surface area (Å²) in [6.07, 6.45) is 1.34. The van der Waals surface area contributed by atoms with Gasteiger partial charge in [-0.1, -0.05) is 13.0 Å². The minimum absolute atomic E-state index is 0.456. The van der Waals surface area contributed by atoms with Crippen molar-refractivity contribution in [1.29, 1.82) is 0 Å². The second kappa shape index (κ2) is 5.47. The maximum Gasteiger partial charge on any atom is 0.134 e. The fourth-order valence-electron chi connectivity index (χ4n) is 2.28. The van der Waals surface area contributed by atoms with Crippen LogP contribution < -0.4 is 4.90 Å². The SMILES string of the molecule is CCN1CCN(c2ncccc2[C@H](C)O)CC1. The minimum Gasteiger partial charge on any atom is -0.389 e. The van der Waals surface area contributed by atoms with Gasteiger partial charge in [-0.2, -0.15) is 0 Å². The first-order chi connectivity index (χ1) is 8.22. The molecule has 1 aromatic rings. The van der Waals surface area contributed by atoms with Gasteiger partial charge in [-0.3, -0.25) is 0 Å². The highest BCUT2D eigenvalue weighted by Crippen LogP contribution is 2.24. The van der Waals surface area contributed by atoms with E-state index in [1.165, 1.54) is 0 Å². The number of hydrogen-bond donors (Lipinski definition) is 1. The number of nitrogens with zero attached hydrogens (tertiary/aromatic N) is 3. The van der Waals surface area contributed by atoms with Crippen molar-refractivity contribution in [3.05, 3.63) is 23.9 Å². The standard InChI is InChI=1S/C13H21N3O/c1-3-15-7-9-16(10-8-15)13-12(11(2)17)5-4-6-14-13/h4-6,11,17H,3,7-10H2,1-2H3/t11-/m0/s1. The highest BCUT2D eigenvalue weighted by molar-refractivity contribution is 5.48. The summed E-state index contributed by atoms with van der Waals surface area (Å²) in [5.74, 6) is 0.943. The third-order valence-corrected chi connectivity index (χ3v) is 3.39. The molecule has 1 aliphatic heterocycles. The number of hydrogen-bond acceptors (Lipinski definition) is 4. The van der Waals surface area contributed by atoms with Crippen molar-refractivity contribution in [2.24, 2.45) is 0 Å². The molecular weight excluding hydrogens is 214 g/mol. The van der Waals surface area contributed by atoms with E-state index < -0.39 is 6.10 Å². The fourth-order valence-corrected chi connectivity index (χ4v) is 2.28. The minimum atomic E-state index is -0.456. The Kier molecular flexibility index (Phi) is 3.97. The summed E-state index contributed by atoms with van der Waals surface area (Å²) in [4.78, 5) is 9.13. The molecule has 94 valence electrons. The molecule has 0 spiro atoms. The lowest BCUT2D eigenvalue weighted by molar-refractivity contribution is 0.198. The Bertz CT molecular complexity index is 359. The van der Waals surface area contributed by atoms with Crippen molar-refractivity contribution in [2.75, 3.05) is 37.6 Å². The van der Waals surface area contributed by atoms with Gasteiger partial charge in [0, 0.05) is 37.9 Å². The number of pyridine rings is 1. The monoisotopic (exact) mass is 235 g/mol. The molecule has 1 aliphatic rings. The molecule has 1 N–H and O–H groups in total. The zero-order valence-electron chi connectivity index (χ0n) is 10.6. The molecule has 0 saturated carbocycles. The lowest BCUT2D eigenvalue weighted by Gasteiger charge is -2.35. The topological polar surface area (TPSA) is 39.6 Å². The molecule has 4 nitrogen and oxygen atoms in total. The van der Waals surface area contributed by atoms with Gasteiger partial charge in [0.1, 0.15) is 5.82 Å². The molecule has 0 radical (unpaired) electrons. The van der Waals surface area contributed by atoms with Crippen LogP contribution in [0.2, 0.25) is 0 Å². The molecule has 1 saturated heterocycles. The Morgan fingerprint density at radius 2 is 2.06 bits per heavy atom. The number of anilines is 1. The molecule has 1 fully saturated rings. The van der Waals surface area contributed by atoms with Gasteiger partial charge in [0.05, 0.1) is 6.10 Å². The lowest BCUT2D eigenvalue weighted by atomic mass is 10.1. The molecule has 0 unspecified atom stereocenters. The maximum atomic E-state index is 9.76. The van der Waals surface area contributed by atoms with Gasteiger partial charge in [0.2, 0.25) is 0 Å². The third-order valence-electron chi connectivity index (χ3n) is 3.39. The smallest absolute Gasteiger partial charge is 0.134 e. The molecule has 0 amide bonds. The Morgan fingerprint density at radius 3 is 2.65 bits per heavy atom. The fraction of sp³-hybridized carbons (Fsp3) is 0.615. The van der Waals surface area contributed by atoms with E-state index in [1.807, 2.05) is 12.1 Å². The van der Waals surface area contributed by atoms with Crippen molar-refractivity contribution in [3.63, 3.8) is 0 Å². The van der Waals surface area contributed by atoms with Crippen LogP contribution in [0.15, 0.2) is 18.3 Å². The Morgan fingerprint density at radius 1 is 1.35 bits per heavy atom. The summed E-state index contributed by atoms with van der Waals surface area (Å²) in [6, 6.07) is 3.84. The number of aliphatic hydroxyl groups is 1. The number of aromatic nitrogens is 1. The molecule has 2 rings (SSSR count). The Balaban J connectivity index is 2.13. The highest BCUT2D eigenvalue weighted by Gasteiger charge is 2.20. The van der Waals surface area contributed by atoms with Gasteiger partial charge in [-0.25, -0.2) is 4.98 Å². The van der Waals surface area contributed by atoms with E-state index in [0.717, 1.165) is 44.1 Å². The van der Waals surface area contributed by atoms with E-state index in [2.05, 4.69) is 21.7 Å². The van der Waals surface area contributed by atoms with Crippen LogP contribution in [0.1, 0.15) is 25.5 Å². The number of piperazine rings is 1. The molecule has 2 heterocycles. The summed E-state index contributed by atoms with van der Waals surface area (Å²) >= 11 is 0. The molecule has 0 bridgehead atoms. The average Bonchev–Trinajstić information content (AvgIpc) is 2.39. The first-order valence-corrected chi connectivity index (χ1v) is 6.32. The summed E-state index contributed by atoms with van der Waals surface area (Å²) in [6.45, 7) is 9.23. The zero-order chi connectivity index (χ0) is 12.3. The van der Waals surface area contributed by atoms with Crippen LogP contribution in [0, 0.1) is 0 Å². The Hall–Kier alpha value is -1.13. The number of likely N-dealkylation sites (N-methyl/N-ethyl adjacent to an activating group) is 1. The molecule has 1 aromatic heterocycles. The molecular formula is C13H21N3O. The molecule has 17 heavy (non-hydrogen) atoms. The van der Waals surface area contributed by atoms with Gasteiger partial charge >= 0.3 is 0 Å². The predicted octanol–water partition coefficient (Wildman–Crippen LogP) is 1.28. The van der Waals surface area contributed by atoms with Crippen molar-refractivity contribution in [3.8, 4) is 0 Å². The van der Waals surface area contributed by atoms with Crippen LogP contribution in [-0.2, 0) is 0 Å². The second-order valence-corrected chi connectivity index (χ2v) is 4.51. The van der Waals surface area contributed by atoms with Crippen LogP contribution in [0.25, 0.3) is 0 Å². The third kappa shape index (κ3) is 2.76. The average molecular weight is 235 g/mol. The van der Waals surface area contributed by atoms with Gasteiger partial charge < -0.3 is 14.9 Å². The molecule has 4 heteroatoms. The lowest BCUT2D eigenvalue weighted by Crippen LogP contribution is -2.46. The number of aliphatic hydroxyl groups excluding tert-OH is 1. The van der Waals surface area contributed by atoms with Gasteiger partial charge in [-0.15, -0.1) is 0 Å². The van der Waals surface area contributed by atoms with Crippen molar-refractivity contribution in [2.45, 2.75) is 20.0 Å².